The SMILES string of the molecule is Cc1cccc(/C=C/C(=O)N(CC(C)C)C2CC[C@@]3(O)[C@H]4Cc5cccc6c5[C@@]3(CCN4CCc3ccccc3)C2O6)c1. The Labute approximate surface area is 256 Å². The molecule has 5 atom stereocenters. The highest BCUT2D eigenvalue weighted by Gasteiger charge is 2.73. The fourth-order valence-electron chi connectivity index (χ4n) is 8.90. The molecule has 2 fully saturated rings. The van der Waals surface area contributed by atoms with Crippen molar-refractivity contribution in [2.75, 3.05) is 19.6 Å². The first kappa shape index (κ1) is 28.4. The van der Waals surface area contributed by atoms with Crippen LogP contribution in [0.4, 0.5) is 0 Å². The number of hydrogen-bond donors (Lipinski definition) is 1. The van der Waals surface area contributed by atoms with E-state index in [9.17, 15) is 9.90 Å². The van der Waals surface area contributed by atoms with Crippen LogP contribution in [0.25, 0.3) is 6.08 Å². The second-order valence-corrected chi connectivity index (χ2v) is 13.7. The molecule has 5 nitrogen and oxygen atoms in total. The molecule has 43 heavy (non-hydrogen) atoms. The summed E-state index contributed by atoms with van der Waals surface area (Å²) in [4.78, 5) is 18.6. The summed E-state index contributed by atoms with van der Waals surface area (Å²) in [6.07, 6.45) is 7.45. The summed E-state index contributed by atoms with van der Waals surface area (Å²) in [7, 11) is 0. The van der Waals surface area contributed by atoms with Crippen LogP contribution >= 0.6 is 0 Å². The zero-order valence-corrected chi connectivity index (χ0v) is 25.7. The van der Waals surface area contributed by atoms with E-state index in [0.29, 0.717) is 18.9 Å². The number of likely N-dealkylation sites (tertiary alicyclic amines) is 1. The van der Waals surface area contributed by atoms with E-state index in [1.165, 1.54) is 22.3 Å². The maximum absolute atomic E-state index is 14.0. The molecule has 3 aromatic rings. The molecule has 4 aliphatic rings. The number of benzene rings is 3. The maximum Gasteiger partial charge on any atom is 0.246 e. The molecule has 1 saturated carbocycles. The molecule has 2 aliphatic carbocycles. The van der Waals surface area contributed by atoms with E-state index in [4.69, 9.17) is 4.74 Å². The number of rotatable bonds is 8. The van der Waals surface area contributed by atoms with Crippen LogP contribution in [0.3, 0.4) is 0 Å². The summed E-state index contributed by atoms with van der Waals surface area (Å²) in [5, 5.41) is 12.9. The number of aryl methyl sites for hydroxylation is 1. The van der Waals surface area contributed by atoms with Crippen LogP contribution in [0, 0.1) is 12.8 Å². The third kappa shape index (κ3) is 4.63. The fourth-order valence-corrected chi connectivity index (χ4v) is 8.90. The van der Waals surface area contributed by atoms with Gasteiger partial charge in [-0.15, -0.1) is 0 Å². The van der Waals surface area contributed by atoms with Gasteiger partial charge < -0.3 is 14.7 Å². The molecule has 2 aliphatic heterocycles. The number of nitrogens with zero attached hydrogens (tertiary/aromatic N) is 2. The first-order valence-electron chi connectivity index (χ1n) is 16.1. The lowest BCUT2D eigenvalue weighted by atomic mass is 9.48. The third-order valence-corrected chi connectivity index (χ3v) is 10.7. The van der Waals surface area contributed by atoms with Crippen LogP contribution in [0.1, 0.15) is 60.9 Å². The molecule has 1 saturated heterocycles. The topological polar surface area (TPSA) is 53.0 Å². The molecule has 1 amide bonds. The molecule has 1 N–H and O–H groups in total. The van der Waals surface area contributed by atoms with E-state index >= 15 is 0 Å². The van der Waals surface area contributed by atoms with Gasteiger partial charge in [0.15, 0.2) is 0 Å². The average Bonchev–Trinajstić information content (AvgIpc) is 3.34. The summed E-state index contributed by atoms with van der Waals surface area (Å²) in [6, 6.07) is 25.3. The van der Waals surface area contributed by atoms with Gasteiger partial charge in [-0.25, -0.2) is 0 Å². The highest BCUT2D eigenvalue weighted by atomic mass is 16.5. The summed E-state index contributed by atoms with van der Waals surface area (Å²) in [5.41, 5.74) is 4.66. The van der Waals surface area contributed by atoms with Gasteiger partial charge in [0.25, 0.3) is 0 Å². The number of piperidine rings is 1. The van der Waals surface area contributed by atoms with Gasteiger partial charge >= 0.3 is 0 Å². The molecular formula is C38H44N2O3. The van der Waals surface area contributed by atoms with E-state index in [1.54, 1.807) is 6.08 Å². The van der Waals surface area contributed by atoms with Crippen molar-refractivity contribution < 1.29 is 14.6 Å². The summed E-state index contributed by atoms with van der Waals surface area (Å²) >= 11 is 0. The van der Waals surface area contributed by atoms with Crippen LogP contribution < -0.4 is 4.74 Å². The number of ether oxygens (including phenoxy) is 1. The van der Waals surface area contributed by atoms with Crippen LogP contribution in [-0.2, 0) is 23.1 Å². The zero-order chi connectivity index (χ0) is 29.8. The van der Waals surface area contributed by atoms with Crippen molar-refractivity contribution in [3.63, 3.8) is 0 Å². The minimum Gasteiger partial charge on any atom is -0.487 e. The number of carbonyl (C=O) groups excluding carboxylic acids is 1. The molecule has 2 heterocycles. The number of amides is 1. The Kier molecular flexibility index (Phi) is 7.22. The predicted octanol–water partition coefficient (Wildman–Crippen LogP) is 5.96. The summed E-state index contributed by atoms with van der Waals surface area (Å²) in [5.74, 6) is 1.25. The highest BCUT2D eigenvalue weighted by molar-refractivity contribution is 5.92. The number of carbonyl (C=O) groups is 1. The van der Waals surface area contributed by atoms with Crippen molar-refractivity contribution in [2.24, 2.45) is 5.92 Å². The van der Waals surface area contributed by atoms with Crippen molar-refractivity contribution in [1.29, 1.82) is 0 Å². The molecule has 0 aromatic heterocycles. The molecule has 2 bridgehead atoms. The van der Waals surface area contributed by atoms with Gasteiger partial charge in [-0.3, -0.25) is 9.69 Å². The molecule has 1 spiro atoms. The van der Waals surface area contributed by atoms with Crippen molar-refractivity contribution >= 4 is 12.0 Å². The van der Waals surface area contributed by atoms with Gasteiger partial charge in [-0.05, 0) is 80.3 Å². The van der Waals surface area contributed by atoms with Gasteiger partial charge in [-0.2, -0.15) is 0 Å². The normalized spacial score (nSPS) is 29.0. The van der Waals surface area contributed by atoms with Gasteiger partial charge in [-0.1, -0.05) is 86.1 Å². The lowest BCUT2D eigenvalue weighted by molar-refractivity contribution is -0.201. The standard InChI is InChI=1S/C38H44N2O3/c1-26(2)25-40(34(41)16-15-29-12-7-9-27(3)23-29)31-17-19-38(42)33-24-30-13-8-14-32-35(30)37(38,36(31)43-32)20-22-39(33)21-18-28-10-5-4-6-11-28/h4-16,23,26,31,33,36,42H,17-22,24-25H2,1-3H3/b16-15+/t31?,33-,36?,37+,38-/m1/s1. The van der Waals surface area contributed by atoms with E-state index in [0.717, 1.165) is 50.1 Å². The second kappa shape index (κ2) is 10.9. The highest BCUT2D eigenvalue weighted by Crippen LogP contribution is 2.64. The Morgan fingerprint density at radius 3 is 2.70 bits per heavy atom. The van der Waals surface area contributed by atoms with Crippen LogP contribution in [0.5, 0.6) is 5.75 Å². The minimum atomic E-state index is -0.896. The molecule has 224 valence electrons. The summed E-state index contributed by atoms with van der Waals surface area (Å²) < 4.78 is 6.92. The molecule has 2 unspecified atom stereocenters. The van der Waals surface area contributed by atoms with Crippen LogP contribution in [0.2, 0.25) is 0 Å². The predicted molar refractivity (Wildman–Crippen MR) is 171 cm³/mol. The quantitative estimate of drug-likeness (QED) is 0.337. The van der Waals surface area contributed by atoms with Gasteiger partial charge in [0.05, 0.1) is 17.1 Å². The monoisotopic (exact) mass is 576 g/mol. The third-order valence-electron chi connectivity index (χ3n) is 10.7. The Morgan fingerprint density at radius 2 is 1.91 bits per heavy atom. The van der Waals surface area contributed by atoms with Crippen molar-refractivity contribution in [1.82, 2.24) is 9.80 Å². The first-order valence-corrected chi connectivity index (χ1v) is 16.1. The Bertz CT molecular complexity index is 1530. The zero-order valence-electron chi connectivity index (χ0n) is 25.7. The largest absolute Gasteiger partial charge is 0.487 e. The molecular weight excluding hydrogens is 532 g/mol. The fraction of sp³-hybridized carbons (Fsp3) is 0.447. The smallest absolute Gasteiger partial charge is 0.246 e. The van der Waals surface area contributed by atoms with Crippen molar-refractivity contribution in [2.45, 2.75) is 82.1 Å². The number of aliphatic hydroxyl groups is 1. The van der Waals surface area contributed by atoms with Gasteiger partial charge in [0.1, 0.15) is 11.9 Å². The van der Waals surface area contributed by atoms with Crippen LogP contribution in [0.15, 0.2) is 78.9 Å². The van der Waals surface area contributed by atoms with E-state index in [2.05, 4.69) is 91.2 Å². The lowest BCUT2D eigenvalue weighted by Gasteiger charge is -2.65. The molecule has 7 rings (SSSR count). The number of hydrogen-bond acceptors (Lipinski definition) is 4. The maximum atomic E-state index is 14.0. The Morgan fingerprint density at radius 1 is 1.09 bits per heavy atom. The summed E-state index contributed by atoms with van der Waals surface area (Å²) in [6.45, 7) is 8.93. The van der Waals surface area contributed by atoms with E-state index in [1.807, 2.05) is 18.2 Å². The second-order valence-electron chi connectivity index (χ2n) is 13.7. The molecule has 0 radical (unpaired) electrons. The van der Waals surface area contributed by atoms with Crippen molar-refractivity contribution in [3.05, 3.63) is 107 Å². The van der Waals surface area contributed by atoms with E-state index in [-0.39, 0.29) is 24.1 Å². The van der Waals surface area contributed by atoms with E-state index < -0.39 is 11.0 Å². The lowest BCUT2D eigenvalue weighted by Crippen LogP contribution is -2.78. The van der Waals surface area contributed by atoms with Crippen LogP contribution in [-0.4, -0.2) is 64.2 Å². The Hall–Kier alpha value is -3.41. The average molecular weight is 577 g/mol. The van der Waals surface area contributed by atoms with Gasteiger partial charge in [0, 0.05) is 30.8 Å². The Balaban J connectivity index is 1.23. The first-order chi connectivity index (χ1) is 20.8. The van der Waals surface area contributed by atoms with Crippen molar-refractivity contribution in [3.8, 4) is 5.75 Å². The minimum absolute atomic E-state index is 0.0227. The van der Waals surface area contributed by atoms with Gasteiger partial charge in [0.2, 0.25) is 5.91 Å². The molecule has 5 heteroatoms. The molecule has 3 aromatic carbocycles.